The Morgan fingerprint density at radius 1 is 0.920 bits per heavy atom. The van der Waals surface area contributed by atoms with Crippen LogP contribution in [0.4, 0.5) is 0 Å². The third kappa shape index (κ3) is 4.70. The fourth-order valence-electron chi connectivity index (χ4n) is 2.38. The molecule has 0 bridgehead atoms. The van der Waals surface area contributed by atoms with E-state index in [-0.39, 0.29) is 17.2 Å². The summed E-state index contributed by atoms with van der Waals surface area (Å²) in [6.45, 7) is 0. The number of carbonyl (C=O) groups is 2. The largest absolute Gasteiger partial charge is 0.508 e. The maximum atomic E-state index is 12.1. The number of thioether (sulfide) groups is 2. The van der Waals surface area contributed by atoms with Crippen molar-refractivity contribution in [1.29, 1.82) is 0 Å². The zero-order valence-corrected chi connectivity index (χ0v) is 15.0. The molecule has 1 heterocycles. The van der Waals surface area contributed by atoms with Gasteiger partial charge < -0.3 is 5.11 Å². The van der Waals surface area contributed by atoms with Crippen LogP contribution in [-0.4, -0.2) is 28.4 Å². The number of phenols is 1. The second kappa shape index (κ2) is 8.31. The Balaban J connectivity index is 1.56. The van der Waals surface area contributed by atoms with Crippen LogP contribution in [0.2, 0.25) is 0 Å². The van der Waals surface area contributed by atoms with E-state index in [0.29, 0.717) is 10.1 Å². The number of hydrogen-bond donors (Lipinski definition) is 3. The maximum Gasteiger partial charge on any atom is 0.269 e. The van der Waals surface area contributed by atoms with Gasteiger partial charge in [-0.05, 0) is 53.8 Å². The lowest BCUT2D eigenvalue weighted by Gasteiger charge is -2.21. The molecule has 1 aliphatic heterocycles. The van der Waals surface area contributed by atoms with Crippen LogP contribution in [0.15, 0.2) is 48.5 Å². The Labute approximate surface area is 154 Å². The fraction of sp³-hybridized carbons (Fsp3) is 0.222. The van der Waals surface area contributed by atoms with Gasteiger partial charge in [0.1, 0.15) is 5.75 Å². The molecule has 2 aromatic rings. The highest BCUT2D eigenvalue weighted by atomic mass is 32.2. The lowest BCUT2D eigenvalue weighted by molar-refractivity contribution is 0.0846. The van der Waals surface area contributed by atoms with Crippen molar-refractivity contribution in [2.45, 2.75) is 11.0 Å². The number of phenolic OH excluding ortho intramolecular Hbond substituents is 1. The molecule has 1 aliphatic rings. The minimum absolute atomic E-state index is 0.00647. The average molecular weight is 374 g/mol. The van der Waals surface area contributed by atoms with E-state index in [9.17, 15) is 14.7 Å². The summed E-state index contributed by atoms with van der Waals surface area (Å²) >= 11 is 3.86. The van der Waals surface area contributed by atoms with Crippen molar-refractivity contribution < 1.29 is 14.7 Å². The summed E-state index contributed by atoms with van der Waals surface area (Å²) in [6, 6.07) is 13.4. The highest BCUT2D eigenvalue weighted by Gasteiger charge is 2.17. The maximum absolute atomic E-state index is 12.1. The van der Waals surface area contributed by atoms with Crippen molar-refractivity contribution in [2.24, 2.45) is 0 Å². The summed E-state index contributed by atoms with van der Waals surface area (Å²) in [6.07, 6.45) is 1.24. The van der Waals surface area contributed by atoms with Gasteiger partial charge in [-0.3, -0.25) is 20.4 Å². The van der Waals surface area contributed by atoms with E-state index in [2.05, 4.69) is 10.9 Å². The Morgan fingerprint density at radius 3 is 2.20 bits per heavy atom. The number of amides is 2. The van der Waals surface area contributed by atoms with Crippen molar-refractivity contribution in [3.8, 4) is 5.75 Å². The first-order chi connectivity index (χ1) is 12.1. The summed E-state index contributed by atoms with van der Waals surface area (Å²) in [7, 11) is 0. The topological polar surface area (TPSA) is 78.4 Å². The zero-order chi connectivity index (χ0) is 17.6. The molecule has 25 heavy (non-hydrogen) atoms. The smallest absolute Gasteiger partial charge is 0.269 e. The summed E-state index contributed by atoms with van der Waals surface area (Å²) in [4.78, 5) is 24.1. The van der Waals surface area contributed by atoms with Crippen molar-refractivity contribution in [1.82, 2.24) is 10.9 Å². The summed E-state index contributed by atoms with van der Waals surface area (Å²) in [5.74, 6) is 1.45. The Hall–Kier alpha value is -2.12. The highest BCUT2D eigenvalue weighted by molar-refractivity contribution is 8.16. The van der Waals surface area contributed by atoms with Gasteiger partial charge in [-0.2, -0.15) is 0 Å². The molecule has 0 spiro atoms. The van der Waals surface area contributed by atoms with E-state index < -0.39 is 5.91 Å². The van der Waals surface area contributed by atoms with Gasteiger partial charge in [0, 0.05) is 11.1 Å². The molecule has 2 amide bonds. The van der Waals surface area contributed by atoms with E-state index in [4.69, 9.17) is 0 Å². The molecule has 2 aromatic carbocycles. The molecular weight excluding hydrogens is 356 g/mol. The minimum Gasteiger partial charge on any atom is -0.508 e. The normalized spacial score (nSPS) is 14.7. The molecule has 3 rings (SSSR count). The molecule has 0 unspecified atom stereocenters. The molecule has 0 atom stereocenters. The number of benzene rings is 2. The van der Waals surface area contributed by atoms with E-state index in [1.54, 1.807) is 24.3 Å². The van der Waals surface area contributed by atoms with Crippen molar-refractivity contribution in [3.05, 3.63) is 65.2 Å². The van der Waals surface area contributed by atoms with Crippen molar-refractivity contribution in [3.63, 3.8) is 0 Å². The van der Waals surface area contributed by atoms with E-state index >= 15 is 0 Å². The first kappa shape index (κ1) is 17.7. The standard InChI is InChI=1S/C18H18N2O3S2/c21-15-4-1-3-14(11-15)17(23)20-19-16(22)12-5-7-13(8-6-12)18-24-9-2-10-25-18/h1,3-8,11,18,21H,2,9-10H2,(H,19,22)(H,20,23). The monoisotopic (exact) mass is 374 g/mol. The fourth-order valence-corrected chi connectivity index (χ4v) is 5.27. The third-order valence-electron chi connectivity index (χ3n) is 3.67. The molecule has 0 saturated carbocycles. The average Bonchev–Trinajstić information content (AvgIpc) is 2.66. The van der Waals surface area contributed by atoms with Crippen molar-refractivity contribution in [2.75, 3.05) is 11.5 Å². The SMILES string of the molecule is O=C(NNC(=O)c1cccc(O)c1)c1ccc(C2SCCCS2)cc1. The second-order valence-corrected chi connectivity index (χ2v) is 8.23. The van der Waals surface area contributed by atoms with Crippen LogP contribution >= 0.6 is 23.5 Å². The lowest BCUT2D eigenvalue weighted by atomic mass is 10.1. The Kier molecular flexibility index (Phi) is 5.88. The van der Waals surface area contributed by atoms with Gasteiger partial charge in [0.15, 0.2) is 0 Å². The quantitative estimate of drug-likeness (QED) is 0.718. The third-order valence-corrected chi connectivity index (χ3v) is 6.69. The van der Waals surface area contributed by atoms with Crippen LogP contribution in [0, 0.1) is 0 Å². The molecule has 0 aromatic heterocycles. The molecule has 1 saturated heterocycles. The minimum atomic E-state index is -0.490. The molecular formula is C18H18N2O3S2. The van der Waals surface area contributed by atoms with Gasteiger partial charge in [-0.15, -0.1) is 23.5 Å². The molecule has 0 aliphatic carbocycles. The van der Waals surface area contributed by atoms with Crippen LogP contribution in [0.25, 0.3) is 0 Å². The van der Waals surface area contributed by atoms with Crippen LogP contribution < -0.4 is 10.9 Å². The number of nitrogens with one attached hydrogen (secondary N) is 2. The second-order valence-electron chi connectivity index (χ2n) is 5.51. The predicted molar refractivity (Wildman–Crippen MR) is 102 cm³/mol. The van der Waals surface area contributed by atoms with Crippen LogP contribution in [0.1, 0.15) is 37.3 Å². The molecule has 0 radical (unpaired) electrons. The zero-order valence-electron chi connectivity index (χ0n) is 13.4. The first-order valence-corrected chi connectivity index (χ1v) is 9.96. The lowest BCUT2D eigenvalue weighted by Crippen LogP contribution is -2.41. The highest BCUT2D eigenvalue weighted by Crippen LogP contribution is 2.43. The summed E-state index contributed by atoms with van der Waals surface area (Å²) in [5, 5.41) is 9.38. The number of carbonyl (C=O) groups excluding carboxylic acids is 2. The Bertz CT molecular complexity index is 759. The van der Waals surface area contributed by atoms with Crippen LogP contribution in [-0.2, 0) is 0 Å². The van der Waals surface area contributed by atoms with E-state index in [1.165, 1.54) is 35.6 Å². The van der Waals surface area contributed by atoms with Crippen molar-refractivity contribution >= 4 is 35.3 Å². The number of rotatable bonds is 3. The van der Waals surface area contributed by atoms with Gasteiger partial charge in [0.05, 0.1) is 4.58 Å². The number of aromatic hydroxyl groups is 1. The summed E-state index contributed by atoms with van der Waals surface area (Å²) < 4.78 is 0.427. The number of hydrazine groups is 1. The predicted octanol–water partition coefficient (Wildman–Crippen LogP) is 3.34. The van der Waals surface area contributed by atoms with Gasteiger partial charge in [-0.25, -0.2) is 0 Å². The molecule has 5 nitrogen and oxygen atoms in total. The molecule has 130 valence electrons. The van der Waals surface area contributed by atoms with Gasteiger partial charge in [-0.1, -0.05) is 18.2 Å². The number of hydrogen-bond acceptors (Lipinski definition) is 5. The van der Waals surface area contributed by atoms with Crippen LogP contribution in [0.3, 0.4) is 0 Å². The molecule has 1 fully saturated rings. The van der Waals surface area contributed by atoms with Gasteiger partial charge in [0.2, 0.25) is 0 Å². The van der Waals surface area contributed by atoms with Gasteiger partial charge in [0.25, 0.3) is 11.8 Å². The van der Waals surface area contributed by atoms with E-state index in [1.807, 2.05) is 35.7 Å². The molecule has 7 heteroatoms. The first-order valence-electron chi connectivity index (χ1n) is 7.86. The van der Waals surface area contributed by atoms with Crippen LogP contribution in [0.5, 0.6) is 5.75 Å². The van der Waals surface area contributed by atoms with E-state index in [0.717, 1.165) is 0 Å². The molecule has 3 N–H and O–H groups in total. The Morgan fingerprint density at radius 2 is 1.56 bits per heavy atom. The summed E-state index contributed by atoms with van der Waals surface area (Å²) in [5.41, 5.74) is 6.68. The van der Waals surface area contributed by atoms with Gasteiger partial charge >= 0.3 is 0 Å².